The average Bonchev–Trinajstić information content (AvgIpc) is 2.54. The summed E-state index contributed by atoms with van der Waals surface area (Å²) in [5, 5.41) is 4.08. The number of methoxy groups -OCH3 is 2. The van der Waals surface area contributed by atoms with Crippen molar-refractivity contribution in [2.75, 3.05) is 14.2 Å². The quantitative estimate of drug-likeness (QED) is 0.504. The van der Waals surface area contributed by atoms with Crippen molar-refractivity contribution < 1.29 is 9.47 Å². The molecule has 0 radical (unpaired) electrons. The highest BCUT2D eigenvalue weighted by molar-refractivity contribution is 7.80. The lowest BCUT2D eigenvalue weighted by molar-refractivity contribution is 0.355. The van der Waals surface area contributed by atoms with E-state index in [0.29, 0.717) is 11.5 Å². The first-order valence-electron chi connectivity index (χ1n) is 6.55. The Morgan fingerprint density at radius 3 is 2.50 bits per heavy atom. The highest BCUT2D eigenvalue weighted by atomic mass is 32.1. The van der Waals surface area contributed by atoms with Crippen molar-refractivity contribution >= 4 is 23.5 Å². The Hall–Kier alpha value is -2.60. The lowest BCUT2D eigenvalue weighted by atomic mass is 10.0. The van der Waals surface area contributed by atoms with Gasteiger partial charge in [-0.1, -0.05) is 24.3 Å². The van der Waals surface area contributed by atoms with Crippen LogP contribution in [0.3, 0.4) is 0 Å². The molecule has 114 valence electrons. The molecule has 0 fully saturated rings. The third-order valence-electron chi connectivity index (χ3n) is 2.99. The third-order valence-corrected chi connectivity index (χ3v) is 3.08. The van der Waals surface area contributed by atoms with E-state index in [1.807, 2.05) is 42.5 Å². The van der Waals surface area contributed by atoms with E-state index in [1.165, 1.54) is 0 Å². The van der Waals surface area contributed by atoms with Crippen LogP contribution < -0.4 is 20.6 Å². The summed E-state index contributed by atoms with van der Waals surface area (Å²) < 4.78 is 10.6. The molecule has 2 aromatic carbocycles. The van der Waals surface area contributed by atoms with Gasteiger partial charge in [-0.2, -0.15) is 5.10 Å². The lowest BCUT2D eigenvalue weighted by Gasteiger charge is -2.10. The Labute approximate surface area is 134 Å². The van der Waals surface area contributed by atoms with Crippen LogP contribution in [0.15, 0.2) is 47.6 Å². The smallest absolute Gasteiger partial charge is 0.184 e. The van der Waals surface area contributed by atoms with E-state index < -0.39 is 0 Å². The highest BCUT2D eigenvalue weighted by Crippen LogP contribution is 2.32. The van der Waals surface area contributed by atoms with E-state index in [0.717, 1.165) is 16.7 Å². The maximum absolute atomic E-state index is 5.33. The zero-order valence-corrected chi connectivity index (χ0v) is 13.2. The van der Waals surface area contributed by atoms with Gasteiger partial charge in [-0.3, -0.25) is 5.43 Å². The Kier molecular flexibility index (Phi) is 5.32. The van der Waals surface area contributed by atoms with E-state index in [1.54, 1.807) is 20.4 Å². The summed E-state index contributed by atoms with van der Waals surface area (Å²) in [4.78, 5) is 0. The van der Waals surface area contributed by atoms with Crippen LogP contribution in [0.2, 0.25) is 0 Å². The van der Waals surface area contributed by atoms with Crippen LogP contribution in [0.4, 0.5) is 0 Å². The molecule has 0 aliphatic heterocycles. The maximum atomic E-state index is 5.33. The molecule has 0 aliphatic rings. The molecule has 0 spiro atoms. The average molecular weight is 315 g/mol. The van der Waals surface area contributed by atoms with E-state index in [2.05, 4.69) is 10.5 Å². The number of thiocarbonyl (C=S) groups is 1. The molecule has 2 aromatic rings. The van der Waals surface area contributed by atoms with Crippen molar-refractivity contribution in [1.29, 1.82) is 0 Å². The van der Waals surface area contributed by atoms with Crippen molar-refractivity contribution in [3.05, 3.63) is 48.0 Å². The first-order valence-corrected chi connectivity index (χ1v) is 6.96. The van der Waals surface area contributed by atoms with Crippen LogP contribution in [0.1, 0.15) is 5.56 Å². The number of hydrazone groups is 1. The molecule has 6 heteroatoms. The van der Waals surface area contributed by atoms with Crippen LogP contribution in [-0.2, 0) is 0 Å². The number of nitrogens with two attached hydrogens (primary N) is 1. The fourth-order valence-corrected chi connectivity index (χ4v) is 2.04. The number of hydrogen-bond donors (Lipinski definition) is 2. The summed E-state index contributed by atoms with van der Waals surface area (Å²) in [6, 6.07) is 13.7. The minimum atomic E-state index is 0.132. The van der Waals surface area contributed by atoms with Crippen LogP contribution in [0.25, 0.3) is 11.1 Å². The number of nitrogens with one attached hydrogen (secondary N) is 1. The zero-order chi connectivity index (χ0) is 15.9. The molecule has 0 bridgehead atoms. The van der Waals surface area contributed by atoms with Gasteiger partial charge in [-0.25, -0.2) is 0 Å². The molecule has 0 saturated heterocycles. The van der Waals surface area contributed by atoms with E-state index >= 15 is 0 Å². The largest absolute Gasteiger partial charge is 0.493 e. The lowest BCUT2D eigenvalue weighted by Crippen LogP contribution is -2.23. The third kappa shape index (κ3) is 3.95. The Balaban J connectivity index is 2.29. The Bertz CT molecular complexity index is 702. The summed E-state index contributed by atoms with van der Waals surface area (Å²) >= 11 is 4.69. The molecule has 0 heterocycles. The van der Waals surface area contributed by atoms with Gasteiger partial charge in [0.15, 0.2) is 16.6 Å². The minimum Gasteiger partial charge on any atom is -0.493 e. The second-order valence-electron chi connectivity index (χ2n) is 4.43. The number of hydrogen-bond acceptors (Lipinski definition) is 4. The second-order valence-corrected chi connectivity index (χ2v) is 4.87. The number of ether oxygens (including phenoxy) is 2. The summed E-state index contributed by atoms with van der Waals surface area (Å²) in [5.41, 5.74) is 10.8. The van der Waals surface area contributed by atoms with Gasteiger partial charge in [0.05, 0.1) is 20.4 Å². The van der Waals surface area contributed by atoms with E-state index in [-0.39, 0.29) is 5.11 Å². The second kappa shape index (κ2) is 7.42. The molecular formula is C16H17N3O2S. The fraction of sp³-hybridized carbons (Fsp3) is 0.125. The molecular weight excluding hydrogens is 298 g/mol. The molecule has 0 aromatic heterocycles. The SMILES string of the molecule is COc1ccc(-c2cccc(C=NNC(N)=S)c2)cc1OC. The van der Waals surface area contributed by atoms with Gasteiger partial charge in [0.2, 0.25) is 0 Å². The van der Waals surface area contributed by atoms with Gasteiger partial charge in [-0.05, 0) is 47.1 Å². The Morgan fingerprint density at radius 2 is 1.82 bits per heavy atom. The van der Waals surface area contributed by atoms with E-state index in [9.17, 15) is 0 Å². The first-order chi connectivity index (χ1) is 10.6. The normalized spacial score (nSPS) is 10.5. The molecule has 0 amide bonds. The molecule has 3 N–H and O–H groups in total. The van der Waals surface area contributed by atoms with Crippen molar-refractivity contribution in [2.24, 2.45) is 10.8 Å². The van der Waals surface area contributed by atoms with Crippen LogP contribution in [0.5, 0.6) is 11.5 Å². The summed E-state index contributed by atoms with van der Waals surface area (Å²) in [6.45, 7) is 0. The zero-order valence-electron chi connectivity index (χ0n) is 12.4. The van der Waals surface area contributed by atoms with Crippen molar-refractivity contribution in [2.45, 2.75) is 0 Å². The summed E-state index contributed by atoms with van der Waals surface area (Å²) in [5.74, 6) is 1.39. The predicted molar refractivity (Wildman–Crippen MR) is 92.5 cm³/mol. The van der Waals surface area contributed by atoms with Crippen molar-refractivity contribution in [3.63, 3.8) is 0 Å². The molecule has 2 rings (SSSR count). The molecule has 0 unspecified atom stereocenters. The number of nitrogens with zero attached hydrogens (tertiary/aromatic N) is 1. The molecule has 5 nitrogen and oxygen atoms in total. The molecule has 22 heavy (non-hydrogen) atoms. The number of benzene rings is 2. The van der Waals surface area contributed by atoms with Crippen molar-refractivity contribution in [1.82, 2.24) is 5.43 Å². The van der Waals surface area contributed by atoms with Gasteiger partial charge < -0.3 is 15.2 Å². The van der Waals surface area contributed by atoms with Gasteiger partial charge in [-0.15, -0.1) is 0 Å². The van der Waals surface area contributed by atoms with Crippen molar-refractivity contribution in [3.8, 4) is 22.6 Å². The van der Waals surface area contributed by atoms with Crippen LogP contribution in [0, 0.1) is 0 Å². The van der Waals surface area contributed by atoms with Gasteiger partial charge in [0.25, 0.3) is 0 Å². The van der Waals surface area contributed by atoms with Crippen LogP contribution >= 0.6 is 12.2 Å². The van der Waals surface area contributed by atoms with Gasteiger partial charge >= 0.3 is 0 Å². The topological polar surface area (TPSA) is 68.9 Å². The number of rotatable bonds is 5. The first kappa shape index (κ1) is 15.8. The van der Waals surface area contributed by atoms with Gasteiger partial charge in [0, 0.05) is 0 Å². The van der Waals surface area contributed by atoms with Gasteiger partial charge in [0.1, 0.15) is 0 Å². The molecule has 0 atom stereocenters. The minimum absolute atomic E-state index is 0.132. The highest BCUT2D eigenvalue weighted by Gasteiger charge is 2.06. The summed E-state index contributed by atoms with van der Waals surface area (Å²) in [7, 11) is 3.23. The van der Waals surface area contributed by atoms with Crippen LogP contribution in [-0.4, -0.2) is 25.5 Å². The molecule has 0 aliphatic carbocycles. The standard InChI is InChI=1S/C16H17N3O2S/c1-20-14-7-6-13(9-15(14)21-2)12-5-3-4-11(8-12)10-18-19-16(17)22/h3-10H,1-2H3,(H3,17,19,22). The fourth-order valence-electron chi connectivity index (χ4n) is 1.98. The predicted octanol–water partition coefficient (Wildman–Crippen LogP) is 2.54. The molecule has 0 saturated carbocycles. The Morgan fingerprint density at radius 1 is 1.09 bits per heavy atom. The monoisotopic (exact) mass is 315 g/mol. The maximum Gasteiger partial charge on any atom is 0.184 e. The summed E-state index contributed by atoms with van der Waals surface area (Å²) in [6.07, 6.45) is 1.66. The van der Waals surface area contributed by atoms with E-state index in [4.69, 9.17) is 27.4 Å².